The fourth-order valence-corrected chi connectivity index (χ4v) is 4.96. The van der Waals surface area contributed by atoms with Crippen molar-refractivity contribution in [3.05, 3.63) is 74.7 Å². The number of anilines is 3. The minimum absolute atomic E-state index is 0.115. The van der Waals surface area contributed by atoms with Gasteiger partial charge in [-0.3, -0.25) is 10.4 Å². The van der Waals surface area contributed by atoms with E-state index in [0.29, 0.717) is 17.4 Å². The summed E-state index contributed by atoms with van der Waals surface area (Å²) in [6.07, 6.45) is 1.49. The topological polar surface area (TPSA) is 106 Å². The summed E-state index contributed by atoms with van der Waals surface area (Å²) < 4.78 is 1.11. The predicted octanol–water partition coefficient (Wildman–Crippen LogP) is 3.78. The second-order valence-corrected chi connectivity index (χ2v) is 9.43. The summed E-state index contributed by atoms with van der Waals surface area (Å²) in [5.41, 5.74) is 1.77. The third-order valence-corrected chi connectivity index (χ3v) is 6.75. The van der Waals surface area contributed by atoms with Gasteiger partial charge >= 0.3 is 5.69 Å². The summed E-state index contributed by atoms with van der Waals surface area (Å²) in [6, 6.07) is 13.4. The molecule has 0 bridgehead atoms. The molecule has 2 aromatic heterocycles. The number of hydrogen-bond acceptors (Lipinski definition) is 7. The highest BCUT2D eigenvalue weighted by atomic mass is 35.5. The lowest BCUT2D eigenvalue weighted by atomic mass is 10.1. The Morgan fingerprint density at radius 3 is 2.51 bits per heavy atom. The number of H-pyrrole nitrogens is 1. The number of fused-ring (bicyclic) bond motifs is 1. The zero-order valence-electron chi connectivity index (χ0n) is 19.2. The van der Waals surface area contributed by atoms with Crippen molar-refractivity contribution in [2.24, 2.45) is 0 Å². The Hall–Kier alpha value is -3.40. The number of likely N-dealkylation sites (N-methyl/N-ethyl adjacent to an activating group) is 1. The predicted molar refractivity (Wildman–Crippen MR) is 139 cm³/mol. The number of aromatic nitrogens is 4. The van der Waals surface area contributed by atoms with Crippen molar-refractivity contribution in [2.75, 3.05) is 36.9 Å². The molecule has 5 rings (SSSR count). The maximum atomic E-state index is 12.8. The maximum absolute atomic E-state index is 12.8. The van der Waals surface area contributed by atoms with Crippen LogP contribution < -0.4 is 21.4 Å². The Balaban J connectivity index is 1.43. The van der Waals surface area contributed by atoms with Gasteiger partial charge in [0.15, 0.2) is 5.65 Å². The number of rotatable bonds is 4. The molecule has 2 aromatic carbocycles. The Bertz CT molecular complexity index is 1490. The van der Waals surface area contributed by atoms with Gasteiger partial charge in [-0.05, 0) is 50.4 Å². The van der Waals surface area contributed by atoms with E-state index < -0.39 is 5.69 Å². The van der Waals surface area contributed by atoms with Crippen LogP contribution in [0.25, 0.3) is 16.7 Å². The Kier molecular flexibility index (Phi) is 6.22. The molecule has 0 aliphatic carbocycles. The van der Waals surface area contributed by atoms with Crippen molar-refractivity contribution < 1.29 is 0 Å². The molecular weight excluding hydrogens is 487 g/mol. The SMILES string of the molecule is C[C@H]1CN(C)CCN1c1ccc(Nc2ncc3c(=N)n(-c4c(Cl)cccc4Cl)c(=O)[nH]c3n2)cc1. The van der Waals surface area contributed by atoms with Gasteiger partial charge in [0.05, 0.1) is 21.1 Å². The fraction of sp³-hybridized carbons (Fsp3) is 0.250. The molecule has 4 aromatic rings. The molecule has 0 unspecified atom stereocenters. The van der Waals surface area contributed by atoms with Crippen LogP contribution in [0, 0.1) is 5.41 Å². The van der Waals surface area contributed by atoms with Gasteiger partial charge in [0.25, 0.3) is 0 Å². The minimum Gasteiger partial charge on any atom is -0.366 e. The van der Waals surface area contributed by atoms with E-state index in [0.717, 1.165) is 29.9 Å². The van der Waals surface area contributed by atoms with Crippen molar-refractivity contribution >= 4 is 51.6 Å². The van der Waals surface area contributed by atoms with Crippen molar-refractivity contribution in [3.8, 4) is 5.69 Å². The Labute approximate surface area is 211 Å². The lowest BCUT2D eigenvalue weighted by Crippen LogP contribution is -2.50. The maximum Gasteiger partial charge on any atom is 0.333 e. The van der Waals surface area contributed by atoms with E-state index in [9.17, 15) is 4.79 Å². The van der Waals surface area contributed by atoms with E-state index in [1.54, 1.807) is 18.2 Å². The first-order valence-corrected chi connectivity index (χ1v) is 11.9. The van der Waals surface area contributed by atoms with Crippen LogP contribution in [-0.4, -0.2) is 57.1 Å². The van der Waals surface area contributed by atoms with Gasteiger partial charge in [-0.2, -0.15) is 4.98 Å². The van der Waals surface area contributed by atoms with Crippen LogP contribution >= 0.6 is 23.2 Å². The summed E-state index contributed by atoms with van der Waals surface area (Å²) in [4.78, 5) is 29.0. The first-order chi connectivity index (χ1) is 16.8. The van der Waals surface area contributed by atoms with Crippen LogP contribution in [0.2, 0.25) is 10.0 Å². The fourth-order valence-electron chi connectivity index (χ4n) is 4.39. The minimum atomic E-state index is -0.576. The molecular formula is C24H24Cl2N8O. The van der Waals surface area contributed by atoms with Crippen molar-refractivity contribution in [2.45, 2.75) is 13.0 Å². The molecule has 3 N–H and O–H groups in total. The quantitative estimate of drug-likeness (QED) is 0.385. The molecule has 35 heavy (non-hydrogen) atoms. The summed E-state index contributed by atoms with van der Waals surface area (Å²) in [7, 11) is 2.15. The van der Waals surface area contributed by atoms with Crippen molar-refractivity contribution in [1.82, 2.24) is 24.4 Å². The van der Waals surface area contributed by atoms with Crippen LogP contribution in [0.3, 0.4) is 0 Å². The highest BCUT2D eigenvalue weighted by molar-refractivity contribution is 6.37. The van der Waals surface area contributed by atoms with Gasteiger partial charge in [0, 0.05) is 43.2 Å². The zero-order chi connectivity index (χ0) is 24.7. The number of halogens is 2. The number of nitrogens with zero attached hydrogens (tertiary/aromatic N) is 5. The normalized spacial score (nSPS) is 16.6. The van der Waals surface area contributed by atoms with Gasteiger partial charge in [-0.15, -0.1) is 0 Å². The summed E-state index contributed by atoms with van der Waals surface area (Å²) >= 11 is 12.5. The molecule has 9 nitrogen and oxygen atoms in total. The van der Waals surface area contributed by atoms with E-state index in [-0.39, 0.29) is 26.9 Å². The summed E-state index contributed by atoms with van der Waals surface area (Å²) in [5.74, 6) is 0.307. The largest absolute Gasteiger partial charge is 0.366 e. The number of hydrogen-bond donors (Lipinski definition) is 3. The third-order valence-electron chi connectivity index (χ3n) is 6.14. The number of piperazine rings is 1. The van der Waals surface area contributed by atoms with Gasteiger partial charge in [-0.1, -0.05) is 29.3 Å². The molecule has 11 heteroatoms. The Morgan fingerprint density at radius 1 is 1.11 bits per heavy atom. The van der Waals surface area contributed by atoms with E-state index in [1.165, 1.54) is 11.9 Å². The monoisotopic (exact) mass is 510 g/mol. The average Bonchev–Trinajstić information content (AvgIpc) is 2.81. The van der Waals surface area contributed by atoms with Crippen LogP contribution in [0.1, 0.15) is 6.92 Å². The van der Waals surface area contributed by atoms with Crippen LogP contribution in [0.15, 0.2) is 53.5 Å². The molecule has 3 heterocycles. The van der Waals surface area contributed by atoms with Crippen molar-refractivity contribution in [1.29, 1.82) is 5.41 Å². The number of nitrogens with one attached hydrogen (secondary N) is 3. The summed E-state index contributed by atoms with van der Waals surface area (Å²) in [5, 5.41) is 12.6. The molecule has 1 aliphatic rings. The number of benzene rings is 2. The van der Waals surface area contributed by atoms with Gasteiger partial charge in [0.2, 0.25) is 5.95 Å². The number of para-hydroxylation sites is 1. The second kappa shape index (κ2) is 9.33. The lowest BCUT2D eigenvalue weighted by Gasteiger charge is -2.39. The van der Waals surface area contributed by atoms with E-state index in [1.807, 2.05) is 12.1 Å². The summed E-state index contributed by atoms with van der Waals surface area (Å²) in [6.45, 7) is 5.29. The smallest absolute Gasteiger partial charge is 0.333 e. The van der Waals surface area contributed by atoms with E-state index in [2.05, 4.69) is 56.2 Å². The highest BCUT2D eigenvalue weighted by Crippen LogP contribution is 2.27. The third kappa shape index (κ3) is 4.50. The zero-order valence-corrected chi connectivity index (χ0v) is 20.7. The molecule has 1 saturated heterocycles. The standard InChI is InChI=1S/C24H24Cl2N8O/c1-14-13-32(2)10-11-33(14)16-8-6-15(7-9-16)29-23-28-12-17-21(27)34(24(35)31-22(17)30-23)20-18(25)4-3-5-19(20)26/h3-9,12,14,27H,10-11,13H2,1-2H3,(H2,28,29,30,31,35)/t14-/m0/s1. The molecule has 0 radical (unpaired) electrons. The molecule has 180 valence electrons. The first kappa shape index (κ1) is 23.3. The van der Waals surface area contributed by atoms with E-state index >= 15 is 0 Å². The average molecular weight is 511 g/mol. The molecule has 1 aliphatic heterocycles. The van der Waals surface area contributed by atoms with E-state index in [4.69, 9.17) is 28.6 Å². The Morgan fingerprint density at radius 2 is 1.83 bits per heavy atom. The van der Waals surface area contributed by atoms with Crippen LogP contribution in [0.5, 0.6) is 0 Å². The second-order valence-electron chi connectivity index (χ2n) is 8.62. The van der Waals surface area contributed by atoms with Crippen LogP contribution in [0.4, 0.5) is 17.3 Å². The van der Waals surface area contributed by atoms with Gasteiger partial charge < -0.3 is 15.1 Å². The number of aromatic amines is 1. The first-order valence-electron chi connectivity index (χ1n) is 11.1. The van der Waals surface area contributed by atoms with Gasteiger partial charge in [-0.25, -0.2) is 14.3 Å². The molecule has 0 spiro atoms. The molecule has 0 saturated carbocycles. The van der Waals surface area contributed by atoms with Crippen molar-refractivity contribution in [3.63, 3.8) is 0 Å². The molecule has 1 atom stereocenters. The van der Waals surface area contributed by atoms with Gasteiger partial charge in [0.1, 0.15) is 5.49 Å². The lowest BCUT2D eigenvalue weighted by molar-refractivity contribution is 0.275. The van der Waals surface area contributed by atoms with Crippen LogP contribution in [-0.2, 0) is 0 Å². The highest BCUT2D eigenvalue weighted by Gasteiger charge is 2.21. The molecule has 1 fully saturated rings. The molecule has 0 amide bonds.